The Labute approximate surface area is 94.7 Å². The van der Waals surface area contributed by atoms with Gasteiger partial charge in [0.05, 0.1) is 0 Å². The van der Waals surface area contributed by atoms with E-state index in [4.69, 9.17) is 0 Å². The molecular formula is C15H22. The summed E-state index contributed by atoms with van der Waals surface area (Å²) in [5.74, 6) is 0. The van der Waals surface area contributed by atoms with Crippen LogP contribution in [0.5, 0.6) is 0 Å². The summed E-state index contributed by atoms with van der Waals surface area (Å²) in [7, 11) is 0. The molecule has 0 N–H and O–H groups in total. The molecule has 0 fully saturated rings. The molecule has 0 bridgehead atoms. The van der Waals surface area contributed by atoms with Gasteiger partial charge in [-0.2, -0.15) is 0 Å². The van der Waals surface area contributed by atoms with E-state index in [1.54, 1.807) is 18.2 Å². The van der Waals surface area contributed by atoms with Crippen molar-refractivity contribution in [2.24, 2.45) is 0 Å². The fourth-order valence-corrected chi connectivity index (χ4v) is 0.670. The van der Waals surface area contributed by atoms with Crippen molar-refractivity contribution < 1.29 is 0 Å². The minimum atomic E-state index is 1.04. The summed E-state index contributed by atoms with van der Waals surface area (Å²) in [6, 6.07) is 0. The molecule has 0 nitrogen and oxygen atoms in total. The average molecular weight is 202 g/mol. The van der Waals surface area contributed by atoms with Gasteiger partial charge in [0, 0.05) is 0 Å². The first-order valence-electron chi connectivity index (χ1n) is 5.02. The molecule has 0 spiro atoms. The molecule has 0 aromatic heterocycles. The predicted octanol–water partition coefficient (Wildman–Crippen LogP) is 5.00. The molecule has 0 aliphatic rings. The molecule has 0 aromatic rings. The highest BCUT2D eigenvalue weighted by atomic mass is 13.9. The van der Waals surface area contributed by atoms with Crippen molar-refractivity contribution in [3.8, 4) is 0 Å². The minimum Gasteiger partial charge on any atom is -0.0991 e. The van der Waals surface area contributed by atoms with Crippen molar-refractivity contribution in [3.63, 3.8) is 0 Å². The molecule has 0 rings (SSSR count). The zero-order valence-electron chi connectivity index (χ0n) is 9.95. The van der Waals surface area contributed by atoms with Crippen LogP contribution in [-0.4, -0.2) is 0 Å². The SMILES string of the molecule is C=C/C=C\C=C(/C)C/C=C\C.C=CC=C. The summed E-state index contributed by atoms with van der Waals surface area (Å²) in [6.07, 6.45) is 16.3. The summed E-state index contributed by atoms with van der Waals surface area (Å²) < 4.78 is 0. The summed E-state index contributed by atoms with van der Waals surface area (Å²) in [6.45, 7) is 14.5. The Kier molecular flexibility index (Phi) is 15.8. The molecule has 0 amide bonds. The number of hydrogen-bond acceptors (Lipinski definition) is 0. The molecule has 0 atom stereocenters. The van der Waals surface area contributed by atoms with Crippen LogP contribution in [0.1, 0.15) is 20.3 Å². The fourth-order valence-electron chi connectivity index (χ4n) is 0.670. The summed E-state index contributed by atoms with van der Waals surface area (Å²) in [4.78, 5) is 0. The first-order valence-corrected chi connectivity index (χ1v) is 5.02. The van der Waals surface area contributed by atoms with Crippen LogP contribution in [0.4, 0.5) is 0 Å². The third-order valence-corrected chi connectivity index (χ3v) is 1.47. The average Bonchev–Trinajstić information content (AvgIpc) is 2.27. The van der Waals surface area contributed by atoms with E-state index in [1.165, 1.54) is 5.57 Å². The maximum atomic E-state index is 3.59. The van der Waals surface area contributed by atoms with E-state index in [2.05, 4.69) is 44.9 Å². The lowest BCUT2D eigenvalue weighted by Gasteiger charge is -1.90. The van der Waals surface area contributed by atoms with Crippen molar-refractivity contribution in [1.82, 2.24) is 0 Å². The van der Waals surface area contributed by atoms with Gasteiger partial charge in [0.15, 0.2) is 0 Å². The maximum absolute atomic E-state index is 3.59. The molecule has 0 saturated carbocycles. The highest BCUT2D eigenvalue weighted by Crippen LogP contribution is 2.00. The molecule has 0 aromatic carbocycles. The Balaban J connectivity index is 0. The zero-order valence-corrected chi connectivity index (χ0v) is 9.95. The van der Waals surface area contributed by atoms with Gasteiger partial charge in [-0.1, -0.05) is 73.9 Å². The van der Waals surface area contributed by atoms with Gasteiger partial charge in [-0.05, 0) is 20.3 Å². The maximum Gasteiger partial charge on any atom is -0.0139 e. The molecule has 82 valence electrons. The summed E-state index contributed by atoms with van der Waals surface area (Å²) in [5, 5.41) is 0. The van der Waals surface area contributed by atoms with E-state index >= 15 is 0 Å². The van der Waals surface area contributed by atoms with Gasteiger partial charge in [-0.15, -0.1) is 0 Å². The van der Waals surface area contributed by atoms with Gasteiger partial charge in [0.2, 0.25) is 0 Å². The molecule has 0 heterocycles. The molecule has 0 radical (unpaired) electrons. The van der Waals surface area contributed by atoms with Crippen LogP contribution >= 0.6 is 0 Å². The monoisotopic (exact) mass is 202 g/mol. The van der Waals surface area contributed by atoms with Crippen LogP contribution in [0.15, 0.2) is 73.9 Å². The van der Waals surface area contributed by atoms with Crippen molar-refractivity contribution >= 4 is 0 Å². The first-order chi connectivity index (χ1) is 7.22. The van der Waals surface area contributed by atoms with Crippen molar-refractivity contribution in [1.29, 1.82) is 0 Å². The largest absolute Gasteiger partial charge is 0.0991 e. The lowest BCUT2D eigenvalue weighted by molar-refractivity contribution is 1.21. The summed E-state index contributed by atoms with van der Waals surface area (Å²) >= 11 is 0. The lowest BCUT2D eigenvalue weighted by Crippen LogP contribution is -1.69. The van der Waals surface area contributed by atoms with Crippen LogP contribution < -0.4 is 0 Å². The Morgan fingerprint density at radius 1 is 1.00 bits per heavy atom. The number of allylic oxidation sites excluding steroid dienone is 9. The predicted molar refractivity (Wildman–Crippen MR) is 72.9 cm³/mol. The summed E-state index contributed by atoms with van der Waals surface area (Å²) in [5.41, 5.74) is 1.36. The van der Waals surface area contributed by atoms with Gasteiger partial charge in [0.25, 0.3) is 0 Å². The molecular weight excluding hydrogens is 180 g/mol. The van der Waals surface area contributed by atoms with Crippen LogP contribution in [0.25, 0.3) is 0 Å². The van der Waals surface area contributed by atoms with Crippen molar-refractivity contribution in [2.45, 2.75) is 20.3 Å². The van der Waals surface area contributed by atoms with Crippen LogP contribution in [0.2, 0.25) is 0 Å². The van der Waals surface area contributed by atoms with E-state index < -0.39 is 0 Å². The number of hydrogen-bond donors (Lipinski definition) is 0. The van der Waals surface area contributed by atoms with E-state index in [9.17, 15) is 0 Å². The van der Waals surface area contributed by atoms with Gasteiger partial charge >= 0.3 is 0 Å². The molecule has 0 heteroatoms. The van der Waals surface area contributed by atoms with Gasteiger partial charge in [-0.25, -0.2) is 0 Å². The van der Waals surface area contributed by atoms with Gasteiger partial charge in [-0.3, -0.25) is 0 Å². The zero-order chi connectivity index (χ0) is 11.9. The second-order valence-corrected chi connectivity index (χ2v) is 2.88. The quantitative estimate of drug-likeness (QED) is 0.435. The van der Waals surface area contributed by atoms with Crippen molar-refractivity contribution in [3.05, 3.63) is 73.9 Å². The minimum absolute atomic E-state index is 1.04. The highest BCUT2D eigenvalue weighted by molar-refractivity contribution is 5.15. The fraction of sp³-hybridized carbons (Fsp3) is 0.200. The normalized spacial score (nSPS) is 10.9. The Bertz CT molecular complexity index is 243. The molecule has 0 aliphatic carbocycles. The standard InChI is InChI=1S/C11H16.C4H6/c1-4-6-8-10-11(3)9-7-5-2;1-3-4-2/h4-8,10H,1,9H2,2-3H3;3-4H,1-2H2/b7-5-,8-6-,11-10+;. The molecule has 0 saturated heterocycles. The number of rotatable bonds is 5. The van der Waals surface area contributed by atoms with Crippen LogP contribution in [-0.2, 0) is 0 Å². The lowest BCUT2D eigenvalue weighted by atomic mass is 10.2. The highest BCUT2D eigenvalue weighted by Gasteiger charge is 1.79. The van der Waals surface area contributed by atoms with Crippen LogP contribution in [0.3, 0.4) is 0 Å². The second kappa shape index (κ2) is 14.9. The van der Waals surface area contributed by atoms with E-state index in [-0.39, 0.29) is 0 Å². The Hall–Kier alpha value is -1.56. The molecule has 0 aliphatic heterocycles. The Morgan fingerprint density at radius 2 is 1.60 bits per heavy atom. The van der Waals surface area contributed by atoms with Gasteiger partial charge < -0.3 is 0 Å². The van der Waals surface area contributed by atoms with E-state index in [1.807, 2.05) is 19.1 Å². The Morgan fingerprint density at radius 3 is 2.00 bits per heavy atom. The molecule has 15 heavy (non-hydrogen) atoms. The third-order valence-electron chi connectivity index (χ3n) is 1.47. The molecule has 0 unspecified atom stereocenters. The van der Waals surface area contributed by atoms with E-state index in [0.29, 0.717) is 0 Å². The van der Waals surface area contributed by atoms with E-state index in [0.717, 1.165) is 6.42 Å². The van der Waals surface area contributed by atoms with Crippen LogP contribution in [0, 0.1) is 0 Å². The van der Waals surface area contributed by atoms with Gasteiger partial charge in [0.1, 0.15) is 0 Å². The van der Waals surface area contributed by atoms with Crippen molar-refractivity contribution in [2.75, 3.05) is 0 Å². The second-order valence-electron chi connectivity index (χ2n) is 2.88. The third kappa shape index (κ3) is 19.0. The smallest absolute Gasteiger partial charge is 0.0139 e. The topological polar surface area (TPSA) is 0 Å². The first kappa shape index (κ1) is 15.9.